The van der Waals surface area contributed by atoms with E-state index < -0.39 is 0 Å². The SMILES string of the molecule is CC(C)N1CCC(NCC2CCCCC2)CC1. The molecule has 2 rings (SSSR count). The normalized spacial score (nSPS) is 25.6. The second kappa shape index (κ2) is 6.75. The van der Waals surface area contributed by atoms with E-state index in [0.717, 1.165) is 18.0 Å². The van der Waals surface area contributed by atoms with Gasteiger partial charge in [0.05, 0.1) is 0 Å². The summed E-state index contributed by atoms with van der Waals surface area (Å²) in [5, 5.41) is 3.82. The van der Waals surface area contributed by atoms with Gasteiger partial charge in [-0.15, -0.1) is 0 Å². The Bertz CT molecular complexity index is 201. The van der Waals surface area contributed by atoms with E-state index in [9.17, 15) is 0 Å². The molecule has 0 spiro atoms. The summed E-state index contributed by atoms with van der Waals surface area (Å²) in [6.45, 7) is 8.50. The number of likely N-dealkylation sites (tertiary alicyclic amines) is 1. The van der Waals surface area contributed by atoms with Crippen LogP contribution < -0.4 is 5.32 Å². The summed E-state index contributed by atoms with van der Waals surface area (Å²) in [6, 6.07) is 1.53. The molecule has 0 atom stereocenters. The zero-order valence-corrected chi connectivity index (χ0v) is 11.8. The predicted octanol–water partition coefficient (Wildman–Crippen LogP) is 3.03. The lowest BCUT2D eigenvalue weighted by Crippen LogP contribution is -2.46. The van der Waals surface area contributed by atoms with Crippen LogP contribution in [0.4, 0.5) is 0 Å². The molecular formula is C15H30N2. The molecule has 0 bridgehead atoms. The second-order valence-electron chi connectivity index (χ2n) is 6.32. The van der Waals surface area contributed by atoms with Gasteiger partial charge in [0.1, 0.15) is 0 Å². The molecule has 0 aromatic heterocycles. The summed E-state index contributed by atoms with van der Waals surface area (Å²) in [4.78, 5) is 2.61. The molecule has 1 saturated heterocycles. The fraction of sp³-hybridized carbons (Fsp3) is 1.00. The molecule has 1 heterocycles. The molecule has 0 radical (unpaired) electrons. The number of hydrogen-bond acceptors (Lipinski definition) is 2. The molecule has 0 unspecified atom stereocenters. The third-order valence-corrected chi connectivity index (χ3v) is 4.68. The number of nitrogens with zero attached hydrogens (tertiary/aromatic N) is 1. The van der Waals surface area contributed by atoms with Gasteiger partial charge in [0.25, 0.3) is 0 Å². The molecule has 1 saturated carbocycles. The Kier molecular flexibility index (Phi) is 5.30. The summed E-state index contributed by atoms with van der Waals surface area (Å²) in [5.41, 5.74) is 0. The lowest BCUT2D eigenvalue weighted by Gasteiger charge is -2.35. The maximum atomic E-state index is 3.82. The van der Waals surface area contributed by atoms with Gasteiger partial charge in [0.15, 0.2) is 0 Å². The number of piperidine rings is 1. The molecule has 1 aliphatic carbocycles. The first-order valence-electron chi connectivity index (χ1n) is 7.73. The van der Waals surface area contributed by atoms with Crippen molar-refractivity contribution in [3.05, 3.63) is 0 Å². The van der Waals surface area contributed by atoms with Crippen molar-refractivity contribution >= 4 is 0 Å². The molecule has 1 N–H and O–H groups in total. The standard InChI is InChI=1S/C15H30N2/c1-13(2)17-10-8-15(9-11-17)16-12-14-6-4-3-5-7-14/h13-16H,3-12H2,1-2H3. The first-order chi connectivity index (χ1) is 8.25. The molecule has 0 aromatic carbocycles. The van der Waals surface area contributed by atoms with E-state index in [1.165, 1.54) is 64.6 Å². The summed E-state index contributed by atoms with van der Waals surface area (Å²) >= 11 is 0. The Morgan fingerprint density at radius 2 is 1.65 bits per heavy atom. The third-order valence-electron chi connectivity index (χ3n) is 4.68. The summed E-state index contributed by atoms with van der Waals surface area (Å²) in [6.07, 6.45) is 10.1. The summed E-state index contributed by atoms with van der Waals surface area (Å²) in [5.74, 6) is 0.979. The lowest BCUT2D eigenvalue weighted by molar-refractivity contribution is 0.157. The van der Waals surface area contributed by atoms with E-state index in [1.54, 1.807) is 0 Å². The van der Waals surface area contributed by atoms with Gasteiger partial charge < -0.3 is 10.2 Å². The van der Waals surface area contributed by atoms with Crippen LogP contribution >= 0.6 is 0 Å². The van der Waals surface area contributed by atoms with Crippen molar-refractivity contribution < 1.29 is 0 Å². The van der Waals surface area contributed by atoms with Gasteiger partial charge >= 0.3 is 0 Å². The maximum absolute atomic E-state index is 3.82. The fourth-order valence-corrected chi connectivity index (χ4v) is 3.34. The largest absolute Gasteiger partial charge is 0.314 e. The monoisotopic (exact) mass is 238 g/mol. The number of rotatable bonds is 4. The first-order valence-corrected chi connectivity index (χ1v) is 7.73. The highest BCUT2D eigenvalue weighted by Gasteiger charge is 2.21. The fourth-order valence-electron chi connectivity index (χ4n) is 3.34. The highest BCUT2D eigenvalue weighted by Crippen LogP contribution is 2.23. The van der Waals surface area contributed by atoms with Crippen LogP contribution in [0.2, 0.25) is 0 Å². The Balaban J connectivity index is 1.61. The maximum Gasteiger partial charge on any atom is 0.00915 e. The third kappa shape index (κ3) is 4.26. The molecule has 2 fully saturated rings. The van der Waals surface area contributed by atoms with Crippen molar-refractivity contribution in [1.29, 1.82) is 0 Å². The minimum atomic E-state index is 0.731. The Labute approximate surface area is 107 Å². The van der Waals surface area contributed by atoms with Gasteiger partial charge in [-0.05, 0) is 65.1 Å². The summed E-state index contributed by atoms with van der Waals surface area (Å²) < 4.78 is 0. The minimum absolute atomic E-state index is 0.731. The minimum Gasteiger partial charge on any atom is -0.314 e. The van der Waals surface area contributed by atoms with Crippen LogP contribution in [0.1, 0.15) is 58.8 Å². The van der Waals surface area contributed by atoms with E-state index in [4.69, 9.17) is 0 Å². The van der Waals surface area contributed by atoms with Crippen molar-refractivity contribution in [3.63, 3.8) is 0 Å². The summed E-state index contributed by atoms with van der Waals surface area (Å²) in [7, 11) is 0. The highest BCUT2D eigenvalue weighted by molar-refractivity contribution is 4.80. The Morgan fingerprint density at radius 3 is 2.24 bits per heavy atom. The smallest absolute Gasteiger partial charge is 0.00915 e. The van der Waals surface area contributed by atoms with Crippen molar-refractivity contribution in [2.24, 2.45) is 5.92 Å². The van der Waals surface area contributed by atoms with Gasteiger partial charge in [0.2, 0.25) is 0 Å². The van der Waals surface area contributed by atoms with E-state index >= 15 is 0 Å². The number of nitrogens with one attached hydrogen (secondary N) is 1. The molecule has 0 amide bonds. The second-order valence-corrected chi connectivity index (χ2v) is 6.32. The number of hydrogen-bond donors (Lipinski definition) is 1. The van der Waals surface area contributed by atoms with Crippen LogP contribution in [-0.2, 0) is 0 Å². The van der Waals surface area contributed by atoms with Crippen molar-refractivity contribution in [1.82, 2.24) is 10.2 Å². The zero-order chi connectivity index (χ0) is 12.1. The van der Waals surface area contributed by atoms with E-state index in [2.05, 4.69) is 24.1 Å². The van der Waals surface area contributed by atoms with Crippen LogP contribution in [-0.4, -0.2) is 36.6 Å². The van der Waals surface area contributed by atoms with Gasteiger partial charge in [-0.1, -0.05) is 19.3 Å². The van der Waals surface area contributed by atoms with Crippen molar-refractivity contribution in [2.75, 3.05) is 19.6 Å². The van der Waals surface area contributed by atoms with Gasteiger partial charge in [-0.25, -0.2) is 0 Å². The van der Waals surface area contributed by atoms with Gasteiger partial charge in [0, 0.05) is 12.1 Å². The van der Waals surface area contributed by atoms with Crippen LogP contribution in [0.15, 0.2) is 0 Å². The van der Waals surface area contributed by atoms with Gasteiger partial charge in [-0.3, -0.25) is 0 Å². The Morgan fingerprint density at radius 1 is 1.00 bits per heavy atom. The quantitative estimate of drug-likeness (QED) is 0.810. The average molecular weight is 238 g/mol. The highest BCUT2D eigenvalue weighted by atomic mass is 15.2. The molecule has 100 valence electrons. The van der Waals surface area contributed by atoms with Crippen LogP contribution in [0.25, 0.3) is 0 Å². The van der Waals surface area contributed by atoms with E-state index in [-0.39, 0.29) is 0 Å². The van der Waals surface area contributed by atoms with Crippen LogP contribution in [0.5, 0.6) is 0 Å². The zero-order valence-electron chi connectivity index (χ0n) is 11.8. The molecule has 1 aliphatic heterocycles. The molecule has 0 aromatic rings. The van der Waals surface area contributed by atoms with Crippen LogP contribution in [0.3, 0.4) is 0 Å². The van der Waals surface area contributed by atoms with Gasteiger partial charge in [-0.2, -0.15) is 0 Å². The van der Waals surface area contributed by atoms with Crippen molar-refractivity contribution in [3.8, 4) is 0 Å². The molecular weight excluding hydrogens is 208 g/mol. The van der Waals surface area contributed by atoms with Crippen LogP contribution in [0, 0.1) is 5.92 Å². The first kappa shape index (κ1) is 13.4. The predicted molar refractivity (Wildman–Crippen MR) is 74.3 cm³/mol. The molecule has 17 heavy (non-hydrogen) atoms. The van der Waals surface area contributed by atoms with E-state index in [0.29, 0.717) is 0 Å². The molecule has 2 aliphatic rings. The molecule has 2 heteroatoms. The van der Waals surface area contributed by atoms with E-state index in [1.807, 2.05) is 0 Å². The van der Waals surface area contributed by atoms with Crippen molar-refractivity contribution in [2.45, 2.75) is 70.9 Å². The topological polar surface area (TPSA) is 15.3 Å². The molecule has 2 nitrogen and oxygen atoms in total. The Hall–Kier alpha value is -0.0800. The lowest BCUT2D eigenvalue weighted by atomic mass is 9.89. The average Bonchev–Trinajstić information content (AvgIpc) is 2.38.